The minimum absolute atomic E-state index is 0.206. The highest BCUT2D eigenvalue weighted by Gasteiger charge is 2.30. The third kappa shape index (κ3) is 6.53. The fourth-order valence-electron chi connectivity index (χ4n) is 5.89. The molecule has 0 saturated heterocycles. The van der Waals surface area contributed by atoms with E-state index in [4.69, 9.17) is 0 Å². The summed E-state index contributed by atoms with van der Waals surface area (Å²) in [6.45, 7) is 27.5. The minimum Gasteiger partial charge on any atom is -0.369 e. The third-order valence-electron chi connectivity index (χ3n) is 8.55. The molecule has 0 saturated carbocycles. The van der Waals surface area contributed by atoms with Crippen LogP contribution in [-0.2, 0) is 0 Å². The van der Waals surface area contributed by atoms with E-state index in [9.17, 15) is 0 Å². The normalized spacial score (nSPS) is 23.2. The van der Waals surface area contributed by atoms with Crippen molar-refractivity contribution >= 4 is 0 Å². The molecule has 3 atom stereocenters. The molecular formula is C35H53N. The first-order valence-corrected chi connectivity index (χ1v) is 14.3. The highest BCUT2D eigenvalue weighted by molar-refractivity contribution is 5.61. The molecule has 0 spiro atoms. The second kappa shape index (κ2) is 13.3. The molecule has 0 aromatic rings. The van der Waals surface area contributed by atoms with Crippen LogP contribution in [0.15, 0.2) is 92.8 Å². The molecular weight excluding hydrogens is 434 g/mol. The quantitative estimate of drug-likeness (QED) is 0.277. The lowest BCUT2D eigenvalue weighted by Crippen LogP contribution is -2.34. The van der Waals surface area contributed by atoms with Crippen LogP contribution in [0.5, 0.6) is 0 Å². The molecule has 0 aromatic heterocycles. The zero-order valence-electron chi connectivity index (χ0n) is 25.3. The van der Waals surface area contributed by atoms with Crippen molar-refractivity contribution in [3.63, 3.8) is 0 Å². The van der Waals surface area contributed by atoms with Gasteiger partial charge in [-0.15, -0.1) is 0 Å². The molecule has 0 aromatic carbocycles. The van der Waals surface area contributed by atoms with E-state index in [1.807, 2.05) is 0 Å². The predicted octanol–water partition coefficient (Wildman–Crippen LogP) is 10.4. The maximum atomic E-state index is 4.66. The van der Waals surface area contributed by atoms with Crippen LogP contribution < -0.4 is 0 Å². The van der Waals surface area contributed by atoms with E-state index in [0.717, 1.165) is 19.3 Å². The molecule has 0 amide bonds. The average molecular weight is 488 g/mol. The number of rotatable bonds is 10. The molecule has 36 heavy (non-hydrogen) atoms. The Morgan fingerprint density at radius 2 is 1.83 bits per heavy atom. The lowest BCUT2D eigenvalue weighted by atomic mass is 9.74. The average Bonchev–Trinajstić information content (AvgIpc) is 2.85. The van der Waals surface area contributed by atoms with Gasteiger partial charge in [0.2, 0.25) is 0 Å². The highest BCUT2D eigenvalue weighted by atomic mass is 15.1. The van der Waals surface area contributed by atoms with Crippen molar-refractivity contribution in [3.05, 3.63) is 92.8 Å². The van der Waals surface area contributed by atoms with E-state index >= 15 is 0 Å². The van der Waals surface area contributed by atoms with Crippen molar-refractivity contribution < 1.29 is 0 Å². The van der Waals surface area contributed by atoms with Gasteiger partial charge in [0.25, 0.3) is 0 Å². The summed E-state index contributed by atoms with van der Waals surface area (Å²) in [7, 11) is 2.25. The van der Waals surface area contributed by atoms with Gasteiger partial charge in [0, 0.05) is 13.2 Å². The first kappa shape index (κ1) is 29.9. The Labute approximate surface area is 223 Å². The van der Waals surface area contributed by atoms with Gasteiger partial charge in [0.15, 0.2) is 0 Å². The molecule has 1 aliphatic heterocycles. The topological polar surface area (TPSA) is 3.24 Å². The number of nitrogens with zero attached hydrogens (tertiary/aromatic N) is 1. The molecule has 0 N–H and O–H groups in total. The fourth-order valence-corrected chi connectivity index (χ4v) is 5.89. The monoisotopic (exact) mass is 487 g/mol. The van der Waals surface area contributed by atoms with Gasteiger partial charge < -0.3 is 4.90 Å². The van der Waals surface area contributed by atoms with E-state index in [0.29, 0.717) is 11.8 Å². The van der Waals surface area contributed by atoms with E-state index < -0.39 is 0 Å². The van der Waals surface area contributed by atoms with E-state index in [2.05, 4.69) is 118 Å². The second-order valence-electron chi connectivity index (χ2n) is 11.0. The van der Waals surface area contributed by atoms with E-state index in [1.54, 1.807) is 11.1 Å². The maximum absolute atomic E-state index is 4.66. The van der Waals surface area contributed by atoms with Crippen molar-refractivity contribution in [1.82, 2.24) is 4.90 Å². The number of hydrogen-bond donors (Lipinski definition) is 0. The minimum atomic E-state index is 0.206. The zero-order valence-corrected chi connectivity index (χ0v) is 25.3. The van der Waals surface area contributed by atoms with Gasteiger partial charge in [-0.1, -0.05) is 88.6 Å². The first-order valence-electron chi connectivity index (χ1n) is 14.3. The highest BCUT2D eigenvalue weighted by Crippen LogP contribution is 2.43. The van der Waals surface area contributed by atoms with Gasteiger partial charge >= 0.3 is 0 Å². The van der Waals surface area contributed by atoms with Crippen LogP contribution in [0.4, 0.5) is 0 Å². The van der Waals surface area contributed by atoms with Crippen LogP contribution in [0.2, 0.25) is 0 Å². The first-order chi connectivity index (χ1) is 17.0. The Morgan fingerprint density at radius 1 is 1.17 bits per heavy atom. The Kier molecular flexibility index (Phi) is 11.1. The fraction of sp³-hybridized carbons (Fsp3) is 0.543. The summed E-state index contributed by atoms with van der Waals surface area (Å²) in [5.41, 5.74) is 14.1. The van der Waals surface area contributed by atoms with E-state index in [1.165, 1.54) is 57.4 Å². The lowest BCUT2D eigenvalue weighted by Gasteiger charge is -2.38. The number of allylic oxidation sites excluding steroid dienone is 11. The van der Waals surface area contributed by atoms with Crippen molar-refractivity contribution in [2.75, 3.05) is 7.05 Å². The summed E-state index contributed by atoms with van der Waals surface area (Å²) in [4.78, 5) is 2.44. The Hall–Kier alpha value is -2.28. The molecule has 1 nitrogen and oxygen atoms in total. The smallest absolute Gasteiger partial charge is 0.0750 e. The van der Waals surface area contributed by atoms with Crippen LogP contribution in [0.1, 0.15) is 101 Å². The molecule has 1 aliphatic carbocycles. The van der Waals surface area contributed by atoms with Crippen molar-refractivity contribution in [2.45, 2.75) is 107 Å². The molecule has 2 aliphatic rings. The number of likely N-dealkylation sites (N-methyl/N-ethyl adjacent to an activating group) is 1. The van der Waals surface area contributed by atoms with Gasteiger partial charge in [-0.25, -0.2) is 0 Å². The molecule has 2 rings (SSSR count). The summed E-state index contributed by atoms with van der Waals surface area (Å²) in [5.74, 6) is 1.17. The van der Waals surface area contributed by atoms with Crippen LogP contribution in [0, 0.1) is 11.8 Å². The SMILES string of the molecule is C=C(/C(=C\C(C)=C/C)CC)/C(=C/C(C)CC)C1C(C)=CC(C2=C(C)C(CC)CC(CC)=C2C)=CN1C. The maximum Gasteiger partial charge on any atom is 0.0750 e. The molecule has 3 unspecified atom stereocenters. The zero-order chi connectivity index (χ0) is 27.2. The van der Waals surface area contributed by atoms with Gasteiger partial charge in [0.1, 0.15) is 0 Å². The molecule has 0 bridgehead atoms. The summed E-state index contributed by atoms with van der Waals surface area (Å²) >= 11 is 0. The molecule has 0 radical (unpaired) electrons. The van der Waals surface area contributed by atoms with Crippen molar-refractivity contribution in [2.24, 2.45) is 11.8 Å². The molecule has 198 valence electrons. The van der Waals surface area contributed by atoms with Crippen molar-refractivity contribution in [3.8, 4) is 0 Å². The summed E-state index contributed by atoms with van der Waals surface area (Å²) in [5, 5.41) is 0. The third-order valence-corrected chi connectivity index (χ3v) is 8.55. The number of hydrogen-bond acceptors (Lipinski definition) is 1. The largest absolute Gasteiger partial charge is 0.369 e. The van der Waals surface area contributed by atoms with Crippen LogP contribution in [0.25, 0.3) is 0 Å². The lowest BCUT2D eigenvalue weighted by molar-refractivity contribution is 0.400. The van der Waals surface area contributed by atoms with Crippen molar-refractivity contribution in [1.29, 1.82) is 0 Å². The van der Waals surface area contributed by atoms with Crippen LogP contribution >= 0.6 is 0 Å². The molecule has 1 heterocycles. The second-order valence-corrected chi connectivity index (χ2v) is 11.0. The predicted molar refractivity (Wildman–Crippen MR) is 162 cm³/mol. The summed E-state index contributed by atoms with van der Waals surface area (Å²) in [6.07, 6.45) is 17.5. The van der Waals surface area contributed by atoms with Gasteiger partial charge in [-0.05, 0) is 111 Å². The Morgan fingerprint density at radius 3 is 2.33 bits per heavy atom. The molecule has 0 fully saturated rings. The van der Waals surface area contributed by atoms with Gasteiger partial charge in [-0.2, -0.15) is 0 Å². The molecule has 1 heteroatoms. The Balaban J connectivity index is 2.61. The van der Waals surface area contributed by atoms with E-state index in [-0.39, 0.29) is 6.04 Å². The summed E-state index contributed by atoms with van der Waals surface area (Å²) < 4.78 is 0. The Bertz CT molecular complexity index is 1050. The standard InChI is InChI=1S/C35H53N/c1-13-23(6)18-29(15-3)26(9)33(19-24(7)14-2)35-25(8)20-32(22-36(35)12)34-27(10)30(16-4)21-31(17-5)28(34)11/h13,18-20,22,24,30,35H,9,14-17,21H2,1-8,10-12H3/b23-13-,29-18-,33-19-. The van der Waals surface area contributed by atoms with Crippen LogP contribution in [0.3, 0.4) is 0 Å². The van der Waals surface area contributed by atoms with Gasteiger partial charge in [-0.3, -0.25) is 0 Å². The van der Waals surface area contributed by atoms with Gasteiger partial charge in [0.05, 0.1) is 6.04 Å². The summed E-state index contributed by atoms with van der Waals surface area (Å²) in [6, 6.07) is 0.206. The van der Waals surface area contributed by atoms with Crippen LogP contribution in [-0.4, -0.2) is 18.0 Å².